The lowest BCUT2D eigenvalue weighted by molar-refractivity contribution is -0.117. The molecule has 5 nitrogen and oxygen atoms in total. The van der Waals surface area contributed by atoms with Crippen LogP contribution in [0.3, 0.4) is 0 Å². The van der Waals surface area contributed by atoms with Gasteiger partial charge in [-0.3, -0.25) is 4.79 Å². The van der Waals surface area contributed by atoms with E-state index in [1.54, 1.807) is 4.90 Å². The van der Waals surface area contributed by atoms with E-state index in [9.17, 15) is 4.79 Å². The van der Waals surface area contributed by atoms with Gasteiger partial charge in [0.25, 0.3) is 5.89 Å². The summed E-state index contributed by atoms with van der Waals surface area (Å²) in [4.78, 5) is 18.8. The molecule has 1 aliphatic heterocycles. The van der Waals surface area contributed by atoms with Crippen LogP contribution in [0.2, 0.25) is 5.02 Å². The summed E-state index contributed by atoms with van der Waals surface area (Å²) in [5.41, 5.74) is 5.07. The first kappa shape index (κ1) is 17.7. The van der Waals surface area contributed by atoms with Gasteiger partial charge in [0.05, 0.1) is 0 Å². The zero-order valence-corrected chi connectivity index (χ0v) is 16.2. The van der Waals surface area contributed by atoms with Gasteiger partial charge in [-0.25, -0.2) is 0 Å². The molecule has 0 saturated carbocycles. The molecule has 1 unspecified atom stereocenters. The first-order chi connectivity index (χ1) is 12.9. The van der Waals surface area contributed by atoms with E-state index in [2.05, 4.69) is 24.0 Å². The van der Waals surface area contributed by atoms with Gasteiger partial charge in [-0.1, -0.05) is 28.9 Å². The number of carbonyl (C=O) groups is 1. The van der Waals surface area contributed by atoms with Gasteiger partial charge >= 0.3 is 0 Å². The molecule has 1 amide bonds. The Morgan fingerprint density at radius 1 is 1.07 bits per heavy atom. The molecule has 1 aliphatic rings. The molecule has 0 N–H and O–H groups in total. The van der Waals surface area contributed by atoms with Crippen LogP contribution in [0.1, 0.15) is 34.9 Å². The minimum Gasteiger partial charge on any atom is -0.334 e. The largest absolute Gasteiger partial charge is 0.334 e. The first-order valence-electron chi connectivity index (χ1n) is 8.90. The Hall–Kier alpha value is -2.66. The van der Waals surface area contributed by atoms with E-state index < -0.39 is 0 Å². The van der Waals surface area contributed by atoms with E-state index in [1.165, 1.54) is 11.1 Å². The second-order valence-corrected chi connectivity index (χ2v) is 7.50. The molecule has 0 aliphatic carbocycles. The number of benzene rings is 2. The fourth-order valence-corrected chi connectivity index (χ4v) is 3.45. The molecule has 1 fully saturated rings. The second kappa shape index (κ2) is 6.82. The quantitative estimate of drug-likeness (QED) is 0.651. The lowest BCUT2D eigenvalue weighted by atomic mass is 10.1. The zero-order chi connectivity index (χ0) is 19.1. The summed E-state index contributed by atoms with van der Waals surface area (Å²) in [5.74, 6) is 0.994. The lowest BCUT2D eigenvalue weighted by Gasteiger charge is -2.17. The van der Waals surface area contributed by atoms with E-state index >= 15 is 0 Å². The average Bonchev–Trinajstić information content (AvgIpc) is 3.27. The molecule has 0 radical (unpaired) electrons. The number of halogens is 1. The van der Waals surface area contributed by atoms with Crippen LogP contribution in [-0.2, 0) is 4.79 Å². The number of hydrogen-bond acceptors (Lipinski definition) is 4. The standard InChI is InChI=1S/C21H20ClN3O2/c1-12-4-6-15(8-14(12)3)21-23-20(24-27-21)16-9-19(26)25(11-16)17-7-5-13(2)18(22)10-17/h4-8,10,16H,9,11H2,1-3H3. The molecule has 6 heteroatoms. The second-order valence-electron chi connectivity index (χ2n) is 7.10. The van der Waals surface area contributed by atoms with Crippen molar-refractivity contribution in [3.8, 4) is 11.5 Å². The summed E-state index contributed by atoms with van der Waals surface area (Å²) in [6, 6.07) is 11.7. The van der Waals surface area contributed by atoms with Gasteiger partial charge in [-0.2, -0.15) is 4.98 Å². The van der Waals surface area contributed by atoms with Gasteiger partial charge < -0.3 is 9.42 Å². The van der Waals surface area contributed by atoms with Crippen molar-refractivity contribution >= 4 is 23.2 Å². The molecule has 4 rings (SSSR count). The zero-order valence-electron chi connectivity index (χ0n) is 15.5. The molecule has 0 spiro atoms. The van der Waals surface area contributed by atoms with Crippen molar-refractivity contribution in [2.75, 3.05) is 11.4 Å². The highest BCUT2D eigenvalue weighted by Gasteiger charge is 2.34. The number of nitrogens with zero attached hydrogens (tertiary/aromatic N) is 3. The predicted molar refractivity (Wildman–Crippen MR) is 105 cm³/mol. The highest BCUT2D eigenvalue weighted by atomic mass is 35.5. The van der Waals surface area contributed by atoms with Gasteiger partial charge in [-0.05, 0) is 61.7 Å². The predicted octanol–water partition coefficient (Wildman–Crippen LogP) is 4.84. The van der Waals surface area contributed by atoms with Crippen molar-refractivity contribution in [3.63, 3.8) is 0 Å². The van der Waals surface area contributed by atoms with Crippen molar-refractivity contribution in [2.24, 2.45) is 0 Å². The number of amides is 1. The fraction of sp³-hybridized carbons (Fsp3) is 0.286. The van der Waals surface area contributed by atoms with Gasteiger partial charge in [0, 0.05) is 35.2 Å². The molecule has 1 atom stereocenters. The van der Waals surface area contributed by atoms with Gasteiger partial charge in [-0.15, -0.1) is 0 Å². The smallest absolute Gasteiger partial charge is 0.257 e. The maximum Gasteiger partial charge on any atom is 0.257 e. The monoisotopic (exact) mass is 381 g/mol. The van der Waals surface area contributed by atoms with Crippen molar-refractivity contribution < 1.29 is 9.32 Å². The normalized spacial score (nSPS) is 17.0. The Bertz CT molecular complexity index is 1030. The minimum absolute atomic E-state index is 0.0393. The van der Waals surface area contributed by atoms with Crippen LogP contribution in [0, 0.1) is 20.8 Å². The highest BCUT2D eigenvalue weighted by Crippen LogP contribution is 2.33. The topological polar surface area (TPSA) is 59.2 Å². The Morgan fingerprint density at radius 3 is 2.59 bits per heavy atom. The van der Waals surface area contributed by atoms with Crippen LogP contribution in [-0.4, -0.2) is 22.6 Å². The number of aromatic nitrogens is 2. The first-order valence-corrected chi connectivity index (χ1v) is 9.28. The van der Waals surface area contributed by atoms with Crippen LogP contribution < -0.4 is 4.90 Å². The van der Waals surface area contributed by atoms with Crippen LogP contribution in [0.4, 0.5) is 5.69 Å². The van der Waals surface area contributed by atoms with Crippen molar-refractivity contribution in [3.05, 3.63) is 63.9 Å². The highest BCUT2D eigenvalue weighted by molar-refractivity contribution is 6.31. The summed E-state index contributed by atoms with van der Waals surface area (Å²) in [7, 11) is 0. The Balaban J connectivity index is 1.56. The summed E-state index contributed by atoms with van der Waals surface area (Å²) in [5, 5.41) is 4.78. The van der Waals surface area contributed by atoms with Crippen molar-refractivity contribution in [2.45, 2.75) is 33.1 Å². The van der Waals surface area contributed by atoms with Crippen molar-refractivity contribution in [1.29, 1.82) is 0 Å². The van der Waals surface area contributed by atoms with E-state index in [-0.39, 0.29) is 11.8 Å². The minimum atomic E-state index is -0.0957. The maximum absolute atomic E-state index is 12.5. The summed E-state index contributed by atoms with van der Waals surface area (Å²) in [6.45, 7) is 6.57. The van der Waals surface area contributed by atoms with Gasteiger partial charge in [0.2, 0.25) is 5.91 Å². The fourth-order valence-electron chi connectivity index (χ4n) is 3.27. The molecule has 2 heterocycles. The number of aryl methyl sites for hydroxylation is 3. The lowest BCUT2D eigenvalue weighted by Crippen LogP contribution is -2.24. The third kappa shape index (κ3) is 3.35. The number of hydrogen-bond donors (Lipinski definition) is 0. The molecule has 138 valence electrons. The van der Waals surface area contributed by atoms with E-state index in [4.69, 9.17) is 16.1 Å². The van der Waals surface area contributed by atoms with Gasteiger partial charge in [0.15, 0.2) is 5.82 Å². The number of anilines is 1. The average molecular weight is 382 g/mol. The van der Waals surface area contributed by atoms with Crippen LogP contribution >= 0.6 is 11.6 Å². The van der Waals surface area contributed by atoms with E-state index in [1.807, 2.05) is 43.3 Å². The molecular weight excluding hydrogens is 362 g/mol. The third-order valence-electron chi connectivity index (χ3n) is 5.15. The van der Waals surface area contributed by atoms with Gasteiger partial charge in [0.1, 0.15) is 0 Å². The van der Waals surface area contributed by atoms with E-state index in [0.29, 0.717) is 29.7 Å². The van der Waals surface area contributed by atoms with Crippen molar-refractivity contribution in [1.82, 2.24) is 10.1 Å². The molecule has 0 bridgehead atoms. The molecule has 3 aromatic rings. The number of rotatable bonds is 3. The van der Waals surface area contributed by atoms with Crippen LogP contribution in [0.15, 0.2) is 40.9 Å². The maximum atomic E-state index is 12.5. The molecular formula is C21H20ClN3O2. The third-order valence-corrected chi connectivity index (χ3v) is 5.56. The Morgan fingerprint density at radius 2 is 1.85 bits per heavy atom. The SMILES string of the molecule is Cc1ccc(-c2nc(C3CC(=O)N(c4ccc(C)c(Cl)c4)C3)no2)cc1C. The Kier molecular flexibility index (Phi) is 4.48. The molecule has 27 heavy (non-hydrogen) atoms. The summed E-state index contributed by atoms with van der Waals surface area (Å²) < 4.78 is 5.46. The molecule has 1 saturated heterocycles. The van der Waals surface area contributed by atoms with E-state index in [0.717, 1.165) is 16.8 Å². The summed E-state index contributed by atoms with van der Waals surface area (Å²) >= 11 is 6.21. The molecule has 1 aromatic heterocycles. The molecule has 2 aromatic carbocycles. The Labute approximate surface area is 163 Å². The number of carbonyl (C=O) groups excluding carboxylic acids is 1. The summed E-state index contributed by atoms with van der Waals surface area (Å²) in [6.07, 6.45) is 0.359. The van der Waals surface area contributed by atoms with Crippen LogP contribution in [0.25, 0.3) is 11.5 Å². The van der Waals surface area contributed by atoms with Crippen LogP contribution in [0.5, 0.6) is 0 Å².